The predicted octanol–water partition coefficient (Wildman–Crippen LogP) is 2.95. The van der Waals surface area contributed by atoms with Crippen LogP contribution >= 0.6 is 0 Å². The molecule has 4 heteroatoms. The van der Waals surface area contributed by atoms with Crippen LogP contribution in [0.15, 0.2) is 24.3 Å². The fourth-order valence-corrected chi connectivity index (χ4v) is 1.94. The number of methoxy groups -OCH3 is 1. The molecule has 2 rings (SSSR count). The average Bonchev–Trinajstić information content (AvgIpc) is 2.41. The molecular weight excluding hydrogens is 238 g/mol. The maximum absolute atomic E-state index is 5.15. The van der Waals surface area contributed by atoms with Crippen LogP contribution in [0, 0.1) is 13.8 Å². The van der Waals surface area contributed by atoms with Crippen LogP contribution in [0.3, 0.4) is 0 Å². The Bertz CT molecular complexity index is 582. The summed E-state index contributed by atoms with van der Waals surface area (Å²) in [5, 5.41) is 3.06. The molecule has 0 spiro atoms. The van der Waals surface area contributed by atoms with Gasteiger partial charge in [0.05, 0.1) is 12.3 Å². The Morgan fingerprint density at radius 3 is 2.63 bits per heavy atom. The second kappa shape index (κ2) is 5.80. The van der Waals surface area contributed by atoms with Gasteiger partial charge in [-0.05, 0) is 25.5 Å². The average molecular weight is 257 g/mol. The molecule has 0 saturated carbocycles. The first-order chi connectivity index (χ1) is 9.13. The molecule has 4 nitrogen and oxygen atoms in total. The molecule has 0 atom stereocenters. The summed E-state index contributed by atoms with van der Waals surface area (Å²) in [6.45, 7) is 4.62. The summed E-state index contributed by atoms with van der Waals surface area (Å²) in [4.78, 5) is 9.10. The van der Waals surface area contributed by atoms with E-state index in [-0.39, 0.29) is 0 Å². The third-order valence-corrected chi connectivity index (χ3v) is 2.96. The van der Waals surface area contributed by atoms with E-state index >= 15 is 0 Å². The number of nitrogens with one attached hydrogen (secondary N) is 1. The molecule has 1 N–H and O–H groups in total. The molecule has 1 heterocycles. The van der Waals surface area contributed by atoms with Gasteiger partial charge in [-0.3, -0.25) is 0 Å². The zero-order valence-electron chi connectivity index (χ0n) is 11.8. The number of rotatable bonds is 4. The first kappa shape index (κ1) is 13.5. The lowest BCUT2D eigenvalue weighted by Gasteiger charge is -2.10. The zero-order chi connectivity index (χ0) is 13.8. The number of hydrogen-bond acceptors (Lipinski definition) is 4. The highest BCUT2D eigenvalue weighted by atomic mass is 16.5. The van der Waals surface area contributed by atoms with E-state index in [0.29, 0.717) is 6.61 Å². The number of nitrogens with zero attached hydrogens (tertiary/aromatic N) is 2. The first-order valence-electron chi connectivity index (χ1n) is 6.26. The summed E-state index contributed by atoms with van der Waals surface area (Å²) in [5.74, 6) is 1.54. The van der Waals surface area contributed by atoms with E-state index in [1.54, 1.807) is 7.11 Å². The Morgan fingerprint density at radius 2 is 1.95 bits per heavy atom. The molecule has 2 aromatic rings. The van der Waals surface area contributed by atoms with E-state index in [9.17, 15) is 0 Å². The van der Waals surface area contributed by atoms with Crippen LogP contribution in [0.1, 0.15) is 16.8 Å². The van der Waals surface area contributed by atoms with Gasteiger partial charge in [0.25, 0.3) is 0 Å². The molecule has 0 aliphatic heterocycles. The van der Waals surface area contributed by atoms with Crippen LogP contribution in [-0.2, 0) is 11.3 Å². The highest BCUT2D eigenvalue weighted by Crippen LogP contribution is 2.23. The van der Waals surface area contributed by atoms with Crippen LogP contribution < -0.4 is 5.32 Å². The summed E-state index contributed by atoms with van der Waals surface area (Å²) in [6.07, 6.45) is 0. The summed E-state index contributed by atoms with van der Waals surface area (Å²) in [6, 6.07) is 8.20. The van der Waals surface area contributed by atoms with Gasteiger partial charge >= 0.3 is 0 Å². The van der Waals surface area contributed by atoms with Gasteiger partial charge in [-0.15, -0.1) is 0 Å². The van der Waals surface area contributed by atoms with Gasteiger partial charge in [-0.1, -0.05) is 17.7 Å². The number of anilines is 1. The van der Waals surface area contributed by atoms with Crippen molar-refractivity contribution >= 4 is 5.82 Å². The smallest absolute Gasteiger partial charge is 0.162 e. The van der Waals surface area contributed by atoms with E-state index in [0.717, 1.165) is 22.9 Å². The molecule has 0 radical (unpaired) electrons. The fourth-order valence-electron chi connectivity index (χ4n) is 1.94. The maximum atomic E-state index is 5.15. The minimum atomic E-state index is 0.481. The number of ether oxygens (including phenoxy) is 1. The Hall–Kier alpha value is -1.94. The summed E-state index contributed by atoms with van der Waals surface area (Å²) in [5.41, 5.74) is 4.31. The normalized spacial score (nSPS) is 10.5. The Morgan fingerprint density at radius 1 is 1.16 bits per heavy atom. The van der Waals surface area contributed by atoms with Crippen LogP contribution in [0.2, 0.25) is 0 Å². The molecule has 19 heavy (non-hydrogen) atoms. The first-order valence-corrected chi connectivity index (χ1v) is 6.26. The largest absolute Gasteiger partial charge is 0.378 e. The van der Waals surface area contributed by atoms with Crippen molar-refractivity contribution in [2.24, 2.45) is 0 Å². The fraction of sp³-hybridized carbons (Fsp3) is 0.333. The number of aromatic nitrogens is 2. The summed E-state index contributed by atoms with van der Waals surface area (Å²) >= 11 is 0. The van der Waals surface area contributed by atoms with Gasteiger partial charge in [-0.25, -0.2) is 9.97 Å². The Balaban J connectivity index is 2.54. The number of hydrogen-bond donors (Lipinski definition) is 1. The minimum absolute atomic E-state index is 0.481. The molecule has 0 aliphatic carbocycles. The van der Waals surface area contributed by atoms with E-state index in [1.165, 1.54) is 11.1 Å². The van der Waals surface area contributed by atoms with Crippen LogP contribution in [0.5, 0.6) is 0 Å². The van der Waals surface area contributed by atoms with Crippen molar-refractivity contribution < 1.29 is 4.74 Å². The molecule has 1 aromatic carbocycles. The Kier molecular flexibility index (Phi) is 4.12. The van der Waals surface area contributed by atoms with Crippen molar-refractivity contribution in [3.63, 3.8) is 0 Å². The van der Waals surface area contributed by atoms with Crippen molar-refractivity contribution in [2.45, 2.75) is 20.5 Å². The van der Waals surface area contributed by atoms with Crippen molar-refractivity contribution in [3.05, 3.63) is 41.1 Å². The topological polar surface area (TPSA) is 47.0 Å². The van der Waals surface area contributed by atoms with Gasteiger partial charge in [0.15, 0.2) is 5.82 Å². The highest BCUT2D eigenvalue weighted by Gasteiger charge is 2.09. The van der Waals surface area contributed by atoms with Gasteiger partial charge in [0, 0.05) is 25.8 Å². The number of benzene rings is 1. The molecule has 1 aromatic heterocycles. The highest BCUT2D eigenvalue weighted by molar-refractivity contribution is 5.62. The third kappa shape index (κ3) is 3.09. The number of aryl methyl sites for hydroxylation is 2. The lowest BCUT2D eigenvalue weighted by atomic mass is 10.1. The van der Waals surface area contributed by atoms with Crippen molar-refractivity contribution in [3.8, 4) is 11.4 Å². The van der Waals surface area contributed by atoms with Crippen LogP contribution in [0.4, 0.5) is 5.82 Å². The molecule has 0 amide bonds. The van der Waals surface area contributed by atoms with E-state index < -0.39 is 0 Å². The van der Waals surface area contributed by atoms with Gasteiger partial charge < -0.3 is 10.1 Å². The van der Waals surface area contributed by atoms with Gasteiger partial charge in [0.1, 0.15) is 5.82 Å². The molecule has 0 saturated heterocycles. The standard InChI is InChI=1S/C15H19N3O/c1-10-5-6-11(2)13(7-10)15-17-12(9-19-4)8-14(16-3)18-15/h5-8H,9H2,1-4H3,(H,16,17,18). The second-order valence-electron chi connectivity index (χ2n) is 4.57. The monoisotopic (exact) mass is 257 g/mol. The van der Waals surface area contributed by atoms with E-state index in [1.807, 2.05) is 13.1 Å². The molecule has 0 aliphatic rings. The van der Waals surface area contributed by atoms with Crippen LogP contribution in [0.25, 0.3) is 11.4 Å². The van der Waals surface area contributed by atoms with Crippen molar-refractivity contribution in [1.82, 2.24) is 9.97 Å². The molecular formula is C15H19N3O. The lowest BCUT2D eigenvalue weighted by Crippen LogP contribution is -2.02. The summed E-state index contributed by atoms with van der Waals surface area (Å²) < 4.78 is 5.15. The molecule has 0 unspecified atom stereocenters. The quantitative estimate of drug-likeness (QED) is 0.914. The van der Waals surface area contributed by atoms with Crippen LogP contribution in [-0.4, -0.2) is 24.1 Å². The summed E-state index contributed by atoms with van der Waals surface area (Å²) in [7, 11) is 3.52. The van der Waals surface area contributed by atoms with E-state index in [2.05, 4.69) is 47.3 Å². The Labute approximate surface area is 113 Å². The second-order valence-corrected chi connectivity index (χ2v) is 4.57. The minimum Gasteiger partial charge on any atom is -0.378 e. The lowest BCUT2D eigenvalue weighted by molar-refractivity contribution is 0.181. The molecule has 0 bridgehead atoms. The maximum Gasteiger partial charge on any atom is 0.162 e. The third-order valence-electron chi connectivity index (χ3n) is 2.96. The van der Waals surface area contributed by atoms with Gasteiger partial charge in [0.2, 0.25) is 0 Å². The molecule has 100 valence electrons. The van der Waals surface area contributed by atoms with Gasteiger partial charge in [-0.2, -0.15) is 0 Å². The zero-order valence-corrected chi connectivity index (χ0v) is 11.8. The van der Waals surface area contributed by atoms with Crippen molar-refractivity contribution in [2.75, 3.05) is 19.5 Å². The van der Waals surface area contributed by atoms with Crippen molar-refractivity contribution in [1.29, 1.82) is 0 Å². The SMILES string of the molecule is CNc1cc(COC)nc(-c2cc(C)ccc2C)n1. The van der Waals surface area contributed by atoms with E-state index in [4.69, 9.17) is 4.74 Å². The predicted molar refractivity (Wildman–Crippen MR) is 77.2 cm³/mol. The molecule has 0 fully saturated rings.